The number of nitrogens with two attached hydrogens (primary N) is 1. The molecule has 0 saturated heterocycles. The highest BCUT2D eigenvalue weighted by Crippen LogP contribution is 2.29. The molecule has 20 heavy (non-hydrogen) atoms. The predicted octanol–water partition coefficient (Wildman–Crippen LogP) is 2.05. The number of sulfone groups is 1. The molecule has 1 aliphatic heterocycles. The van der Waals surface area contributed by atoms with Gasteiger partial charge in [0, 0.05) is 12.1 Å². The predicted molar refractivity (Wildman–Crippen MR) is 77.5 cm³/mol. The number of hydrogen-bond acceptors (Lipinski definition) is 4. The summed E-state index contributed by atoms with van der Waals surface area (Å²) < 4.78 is 30.4. The highest BCUT2D eigenvalue weighted by Gasteiger charge is 2.28. The summed E-state index contributed by atoms with van der Waals surface area (Å²) in [6.45, 7) is 0. The van der Waals surface area contributed by atoms with Gasteiger partial charge in [0.05, 0.1) is 10.6 Å². The van der Waals surface area contributed by atoms with E-state index in [9.17, 15) is 8.42 Å². The van der Waals surface area contributed by atoms with Crippen molar-refractivity contribution in [3.8, 4) is 5.75 Å². The number of rotatable bonds is 3. The Morgan fingerprint density at radius 2 is 1.95 bits per heavy atom. The van der Waals surface area contributed by atoms with E-state index in [1.54, 1.807) is 18.2 Å². The average Bonchev–Trinajstić information content (AvgIpc) is 2.80. The van der Waals surface area contributed by atoms with E-state index in [1.807, 2.05) is 24.3 Å². The molecule has 0 aromatic heterocycles. The molecule has 0 saturated carbocycles. The van der Waals surface area contributed by atoms with E-state index in [0.717, 1.165) is 11.3 Å². The van der Waals surface area contributed by atoms with E-state index in [0.29, 0.717) is 12.1 Å². The summed E-state index contributed by atoms with van der Waals surface area (Å²) >= 11 is 0. The maximum absolute atomic E-state index is 12.4. The zero-order valence-electron chi connectivity index (χ0n) is 10.8. The van der Waals surface area contributed by atoms with Gasteiger partial charge in [0.2, 0.25) is 0 Å². The SMILES string of the molecule is Nc1cccc(S(=O)(=O)CC2Cc3ccccc3O2)c1. The number of fused-ring (bicyclic) bond motifs is 1. The Hall–Kier alpha value is -2.01. The number of ether oxygens (including phenoxy) is 1. The fourth-order valence-electron chi connectivity index (χ4n) is 2.40. The van der Waals surface area contributed by atoms with Gasteiger partial charge in [-0.1, -0.05) is 24.3 Å². The highest BCUT2D eigenvalue weighted by molar-refractivity contribution is 7.91. The molecular weight excluding hydrogens is 274 g/mol. The average molecular weight is 289 g/mol. The minimum atomic E-state index is -3.39. The maximum atomic E-state index is 12.4. The highest BCUT2D eigenvalue weighted by atomic mass is 32.2. The van der Waals surface area contributed by atoms with E-state index in [1.165, 1.54) is 6.07 Å². The van der Waals surface area contributed by atoms with Crippen molar-refractivity contribution in [3.63, 3.8) is 0 Å². The molecule has 2 aromatic carbocycles. The summed E-state index contributed by atoms with van der Waals surface area (Å²) in [6, 6.07) is 14.0. The molecular formula is C15H15NO3S. The molecule has 0 amide bonds. The number of nitrogen functional groups attached to an aromatic ring is 1. The van der Waals surface area contributed by atoms with Crippen LogP contribution in [0.5, 0.6) is 5.75 Å². The molecule has 2 aromatic rings. The molecule has 1 atom stereocenters. The van der Waals surface area contributed by atoms with Gasteiger partial charge in [-0.2, -0.15) is 0 Å². The number of para-hydroxylation sites is 1. The number of hydrogen-bond donors (Lipinski definition) is 1. The van der Waals surface area contributed by atoms with Crippen LogP contribution in [0, 0.1) is 0 Å². The lowest BCUT2D eigenvalue weighted by atomic mass is 10.1. The quantitative estimate of drug-likeness (QED) is 0.878. The lowest BCUT2D eigenvalue weighted by Gasteiger charge is -2.11. The van der Waals surface area contributed by atoms with Crippen molar-refractivity contribution in [2.24, 2.45) is 0 Å². The maximum Gasteiger partial charge on any atom is 0.182 e. The Morgan fingerprint density at radius 3 is 2.70 bits per heavy atom. The second-order valence-electron chi connectivity index (χ2n) is 4.91. The van der Waals surface area contributed by atoms with Crippen LogP contribution in [0.2, 0.25) is 0 Å². The molecule has 5 heteroatoms. The molecule has 4 nitrogen and oxygen atoms in total. The van der Waals surface area contributed by atoms with E-state index in [4.69, 9.17) is 10.5 Å². The van der Waals surface area contributed by atoms with E-state index < -0.39 is 9.84 Å². The van der Waals surface area contributed by atoms with Crippen molar-refractivity contribution in [2.75, 3.05) is 11.5 Å². The molecule has 0 bridgehead atoms. The summed E-state index contributed by atoms with van der Waals surface area (Å²) in [5.74, 6) is 0.741. The third-order valence-electron chi connectivity index (χ3n) is 3.34. The van der Waals surface area contributed by atoms with Crippen molar-refractivity contribution in [1.82, 2.24) is 0 Å². The van der Waals surface area contributed by atoms with Gasteiger partial charge in [-0.05, 0) is 29.8 Å². The van der Waals surface area contributed by atoms with Crippen LogP contribution in [0.25, 0.3) is 0 Å². The van der Waals surface area contributed by atoms with Crippen LogP contribution in [0.4, 0.5) is 5.69 Å². The molecule has 0 fully saturated rings. The molecule has 104 valence electrons. The summed E-state index contributed by atoms with van der Waals surface area (Å²) in [5, 5.41) is 0. The van der Waals surface area contributed by atoms with Crippen LogP contribution in [0.3, 0.4) is 0 Å². The lowest BCUT2D eigenvalue weighted by Crippen LogP contribution is -2.25. The van der Waals surface area contributed by atoms with Crippen LogP contribution >= 0.6 is 0 Å². The van der Waals surface area contributed by atoms with Gasteiger partial charge >= 0.3 is 0 Å². The topological polar surface area (TPSA) is 69.4 Å². The van der Waals surface area contributed by atoms with E-state index in [2.05, 4.69) is 0 Å². The lowest BCUT2D eigenvalue weighted by molar-refractivity contribution is 0.256. The summed E-state index contributed by atoms with van der Waals surface area (Å²) in [5.41, 5.74) is 7.14. The van der Waals surface area contributed by atoms with Crippen molar-refractivity contribution in [2.45, 2.75) is 17.4 Å². The monoisotopic (exact) mass is 289 g/mol. The Morgan fingerprint density at radius 1 is 1.15 bits per heavy atom. The van der Waals surface area contributed by atoms with Gasteiger partial charge in [0.15, 0.2) is 9.84 Å². The smallest absolute Gasteiger partial charge is 0.182 e. The zero-order chi connectivity index (χ0) is 14.2. The van der Waals surface area contributed by atoms with Gasteiger partial charge in [0.25, 0.3) is 0 Å². The van der Waals surface area contributed by atoms with Crippen LogP contribution in [0.1, 0.15) is 5.56 Å². The number of anilines is 1. The Balaban J connectivity index is 1.79. The van der Waals surface area contributed by atoms with Crippen molar-refractivity contribution >= 4 is 15.5 Å². The molecule has 2 N–H and O–H groups in total. The number of benzene rings is 2. The normalized spacial score (nSPS) is 17.5. The largest absolute Gasteiger partial charge is 0.489 e. The standard InChI is InChI=1S/C15H15NO3S/c16-12-5-3-6-14(9-12)20(17,18)10-13-8-11-4-1-2-7-15(11)19-13/h1-7,9,13H,8,10,16H2. The summed E-state index contributed by atoms with van der Waals surface area (Å²) in [6.07, 6.45) is 0.288. The molecule has 1 aliphatic rings. The van der Waals surface area contributed by atoms with Gasteiger partial charge in [-0.3, -0.25) is 0 Å². The van der Waals surface area contributed by atoms with Crippen molar-refractivity contribution < 1.29 is 13.2 Å². The second-order valence-corrected chi connectivity index (χ2v) is 6.94. The van der Waals surface area contributed by atoms with E-state index in [-0.39, 0.29) is 16.8 Å². The van der Waals surface area contributed by atoms with Crippen LogP contribution in [-0.4, -0.2) is 20.3 Å². The van der Waals surface area contributed by atoms with Crippen LogP contribution in [-0.2, 0) is 16.3 Å². The van der Waals surface area contributed by atoms with Crippen molar-refractivity contribution in [3.05, 3.63) is 54.1 Å². The fraction of sp³-hybridized carbons (Fsp3) is 0.200. The Labute approximate surface area is 118 Å². The molecule has 1 heterocycles. The first-order chi connectivity index (χ1) is 9.54. The summed E-state index contributed by atoms with van der Waals surface area (Å²) in [4.78, 5) is 0.247. The zero-order valence-corrected chi connectivity index (χ0v) is 11.6. The Kier molecular flexibility index (Phi) is 3.14. The third kappa shape index (κ3) is 2.49. The third-order valence-corrected chi connectivity index (χ3v) is 5.12. The van der Waals surface area contributed by atoms with Gasteiger partial charge < -0.3 is 10.5 Å². The molecule has 0 spiro atoms. The van der Waals surface area contributed by atoms with Crippen LogP contribution < -0.4 is 10.5 Å². The molecule has 1 unspecified atom stereocenters. The first-order valence-electron chi connectivity index (χ1n) is 6.37. The summed E-state index contributed by atoms with van der Waals surface area (Å²) in [7, 11) is -3.39. The molecule has 0 aliphatic carbocycles. The first kappa shape index (κ1) is 13.0. The van der Waals surface area contributed by atoms with Gasteiger partial charge in [-0.15, -0.1) is 0 Å². The Bertz CT molecular complexity index is 715. The van der Waals surface area contributed by atoms with E-state index >= 15 is 0 Å². The van der Waals surface area contributed by atoms with Gasteiger partial charge in [-0.25, -0.2) is 8.42 Å². The fourth-order valence-corrected chi connectivity index (χ4v) is 3.87. The molecule has 0 radical (unpaired) electrons. The minimum absolute atomic E-state index is 0.0366. The van der Waals surface area contributed by atoms with Gasteiger partial charge in [0.1, 0.15) is 11.9 Å². The van der Waals surface area contributed by atoms with Crippen molar-refractivity contribution in [1.29, 1.82) is 0 Å². The molecule has 3 rings (SSSR count). The van der Waals surface area contributed by atoms with Crippen LogP contribution in [0.15, 0.2) is 53.4 Å². The first-order valence-corrected chi connectivity index (χ1v) is 8.03. The minimum Gasteiger partial charge on any atom is -0.489 e. The second kappa shape index (κ2) is 4.83.